The van der Waals surface area contributed by atoms with Crippen molar-refractivity contribution >= 4 is 9.84 Å². The number of hydrogen-bond acceptors (Lipinski definition) is 3. The molecule has 2 fully saturated rings. The van der Waals surface area contributed by atoms with Gasteiger partial charge in [-0.25, -0.2) is 8.42 Å². The van der Waals surface area contributed by atoms with Gasteiger partial charge in [-0.15, -0.1) is 0 Å². The summed E-state index contributed by atoms with van der Waals surface area (Å²) in [6.07, 6.45) is 4.82. The Kier molecular flexibility index (Phi) is 4.14. The first-order chi connectivity index (χ1) is 7.98. The Bertz CT molecular complexity index is 342. The molecule has 0 aromatic heterocycles. The van der Waals surface area contributed by atoms with Gasteiger partial charge in [-0.1, -0.05) is 20.3 Å². The molecule has 2 aliphatic rings. The molecular weight excluding hydrogens is 234 g/mol. The molecule has 1 aliphatic carbocycles. The maximum Gasteiger partial charge on any atom is 0.150 e. The third-order valence-corrected chi connectivity index (χ3v) is 6.35. The van der Waals surface area contributed by atoms with Crippen LogP contribution in [0.2, 0.25) is 0 Å². The minimum absolute atomic E-state index is 0.348. The second-order valence-electron chi connectivity index (χ2n) is 6.09. The van der Waals surface area contributed by atoms with E-state index < -0.39 is 9.84 Å². The maximum absolute atomic E-state index is 11.4. The maximum atomic E-state index is 11.4. The van der Waals surface area contributed by atoms with E-state index in [-0.39, 0.29) is 0 Å². The predicted octanol–water partition coefficient (Wildman–Crippen LogP) is 1.84. The Balaban J connectivity index is 1.81. The lowest BCUT2D eigenvalue weighted by Gasteiger charge is -2.36. The molecule has 0 radical (unpaired) electrons. The Hall–Kier alpha value is -0.0900. The van der Waals surface area contributed by atoms with Crippen molar-refractivity contribution in [2.45, 2.75) is 45.6 Å². The summed E-state index contributed by atoms with van der Waals surface area (Å²) >= 11 is 0. The van der Waals surface area contributed by atoms with E-state index in [0.29, 0.717) is 23.5 Å². The van der Waals surface area contributed by atoms with Crippen LogP contribution in [0.25, 0.3) is 0 Å². The van der Waals surface area contributed by atoms with Gasteiger partial charge in [0.25, 0.3) is 0 Å². The average Bonchev–Trinajstić information content (AvgIpc) is 2.57. The van der Waals surface area contributed by atoms with Crippen LogP contribution in [0, 0.1) is 17.8 Å². The highest BCUT2D eigenvalue weighted by atomic mass is 32.2. The molecule has 17 heavy (non-hydrogen) atoms. The van der Waals surface area contributed by atoms with E-state index in [9.17, 15) is 8.42 Å². The van der Waals surface area contributed by atoms with Crippen LogP contribution in [0.1, 0.15) is 39.5 Å². The van der Waals surface area contributed by atoms with E-state index in [2.05, 4.69) is 19.2 Å². The molecule has 0 spiro atoms. The zero-order valence-electron chi connectivity index (χ0n) is 11.0. The molecule has 3 nitrogen and oxygen atoms in total. The van der Waals surface area contributed by atoms with Gasteiger partial charge in [0, 0.05) is 6.04 Å². The molecule has 1 aliphatic heterocycles. The van der Waals surface area contributed by atoms with E-state index >= 15 is 0 Å². The highest BCUT2D eigenvalue weighted by Gasteiger charge is 2.31. The highest BCUT2D eigenvalue weighted by Crippen LogP contribution is 2.29. The fourth-order valence-corrected chi connectivity index (χ4v) is 5.28. The number of nitrogens with one attached hydrogen (secondary N) is 1. The fraction of sp³-hybridized carbons (Fsp3) is 1.00. The van der Waals surface area contributed by atoms with Gasteiger partial charge < -0.3 is 5.32 Å². The Labute approximate surface area is 105 Å². The van der Waals surface area contributed by atoms with Gasteiger partial charge in [0.15, 0.2) is 9.84 Å². The predicted molar refractivity (Wildman–Crippen MR) is 70.7 cm³/mol. The van der Waals surface area contributed by atoms with Crippen molar-refractivity contribution in [3.63, 3.8) is 0 Å². The molecule has 0 amide bonds. The molecule has 2 rings (SSSR count). The van der Waals surface area contributed by atoms with E-state index in [0.717, 1.165) is 24.8 Å². The quantitative estimate of drug-likeness (QED) is 0.841. The highest BCUT2D eigenvalue weighted by molar-refractivity contribution is 7.91. The number of hydrogen-bond donors (Lipinski definition) is 1. The van der Waals surface area contributed by atoms with Crippen molar-refractivity contribution in [3.05, 3.63) is 0 Å². The van der Waals surface area contributed by atoms with E-state index in [1.807, 2.05) is 0 Å². The van der Waals surface area contributed by atoms with Crippen LogP contribution in [-0.4, -0.2) is 32.5 Å². The van der Waals surface area contributed by atoms with Gasteiger partial charge >= 0.3 is 0 Å². The van der Waals surface area contributed by atoms with Crippen LogP contribution in [0.15, 0.2) is 0 Å². The number of rotatable bonds is 3. The van der Waals surface area contributed by atoms with Crippen molar-refractivity contribution in [2.75, 3.05) is 18.1 Å². The zero-order chi connectivity index (χ0) is 12.5. The fourth-order valence-electron chi connectivity index (χ4n) is 3.42. The van der Waals surface area contributed by atoms with E-state index in [1.165, 1.54) is 19.3 Å². The van der Waals surface area contributed by atoms with Gasteiger partial charge in [0.1, 0.15) is 0 Å². The molecule has 3 unspecified atom stereocenters. The first-order valence-corrected chi connectivity index (χ1v) is 8.74. The summed E-state index contributed by atoms with van der Waals surface area (Å²) in [5.74, 6) is 2.61. The molecule has 0 aromatic carbocycles. The summed E-state index contributed by atoms with van der Waals surface area (Å²) in [4.78, 5) is 0. The van der Waals surface area contributed by atoms with Gasteiger partial charge in [-0.05, 0) is 43.6 Å². The Morgan fingerprint density at radius 1 is 1.12 bits per heavy atom. The lowest BCUT2D eigenvalue weighted by molar-refractivity contribution is 0.203. The Morgan fingerprint density at radius 2 is 1.76 bits per heavy atom. The summed E-state index contributed by atoms with van der Waals surface area (Å²) in [5.41, 5.74) is 0. The summed E-state index contributed by atoms with van der Waals surface area (Å²) in [6, 6.07) is 0.590. The topological polar surface area (TPSA) is 46.2 Å². The van der Waals surface area contributed by atoms with Crippen molar-refractivity contribution < 1.29 is 8.42 Å². The molecule has 4 heteroatoms. The largest absolute Gasteiger partial charge is 0.313 e. The molecule has 1 saturated carbocycles. The monoisotopic (exact) mass is 259 g/mol. The van der Waals surface area contributed by atoms with Crippen LogP contribution in [0.5, 0.6) is 0 Å². The lowest BCUT2D eigenvalue weighted by atomic mass is 9.78. The van der Waals surface area contributed by atoms with Crippen molar-refractivity contribution in [3.8, 4) is 0 Å². The third kappa shape index (κ3) is 3.44. The molecule has 1 saturated heterocycles. The smallest absolute Gasteiger partial charge is 0.150 e. The van der Waals surface area contributed by atoms with Gasteiger partial charge in [-0.2, -0.15) is 0 Å². The SMILES string of the molecule is CC1CCCC(C)C1NCC1CCS(=O)(=O)C1. The zero-order valence-corrected chi connectivity index (χ0v) is 11.8. The molecular formula is C13H25NO2S. The second kappa shape index (κ2) is 5.27. The summed E-state index contributed by atoms with van der Waals surface area (Å²) in [6.45, 7) is 5.52. The molecule has 1 heterocycles. The van der Waals surface area contributed by atoms with E-state index in [1.54, 1.807) is 0 Å². The first kappa shape index (κ1) is 13.3. The van der Waals surface area contributed by atoms with Crippen LogP contribution in [0.3, 0.4) is 0 Å². The van der Waals surface area contributed by atoms with Crippen LogP contribution < -0.4 is 5.32 Å². The van der Waals surface area contributed by atoms with Gasteiger partial charge in [-0.3, -0.25) is 0 Å². The van der Waals surface area contributed by atoms with Gasteiger partial charge in [0.05, 0.1) is 11.5 Å². The Morgan fingerprint density at radius 3 is 2.29 bits per heavy atom. The van der Waals surface area contributed by atoms with Crippen molar-refractivity contribution in [2.24, 2.45) is 17.8 Å². The third-order valence-electron chi connectivity index (χ3n) is 4.51. The van der Waals surface area contributed by atoms with E-state index in [4.69, 9.17) is 0 Å². The van der Waals surface area contributed by atoms with Crippen molar-refractivity contribution in [1.82, 2.24) is 5.32 Å². The number of sulfone groups is 1. The molecule has 0 aromatic rings. The average molecular weight is 259 g/mol. The molecule has 0 bridgehead atoms. The minimum Gasteiger partial charge on any atom is -0.313 e. The summed E-state index contributed by atoms with van der Waals surface area (Å²) in [7, 11) is -2.72. The standard InChI is InChI=1S/C13H25NO2S/c1-10-4-3-5-11(2)13(10)14-8-12-6-7-17(15,16)9-12/h10-14H,3-9H2,1-2H3. The van der Waals surface area contributed by atoms with Crippen LogP contribution in [0.4, 0.5) is 0 Å². The van der Waals surface area contributed by atoms with Crippen LogP contribution in [-0.2, 0) is 9.84 Å². The normalized spacial score (nSPS) is 41.5. The lowest BCUT2D eigenvalue weighted by Crippen LogP contribution is -2.44. The van der Waals surface area contributed by atoms with Gasteiger partial charge in [0.2, 0.25) is 0 Å². The summed E-state index contributed by atoms with van der Waals surface area (Å²) in [5, 5.41) is 3.64. The molecule has 100 valence electrons. The second-order valence-corrected chi connectivity index (χ2v) is 8.32. The summed E-state index contributed by atoms with van der Waals surface area (Å²) < 4.78 is 22.8. The van der Waals surface area contributed by atoms with Crippen molar-refractivity contribution in [1.29, 1.82) is 0 Å². The van der Waals surface area contributed by atoms with Crippen LogP contribution >= 0.6 is 0 Å². The first-order valence-electron chi connectivity index (χ1n) is 6.92. The molecule has 1 N–H and O–H groups in total. The minimum atomic E-state index is -2.72. The molecule has 3 atom stereocenters.